The average molecular weight is 255 g/mol. The average Bonchev–Trinajstić information content (AvgIpc) is 2.43. The van der Waals surface area contributed by atoms with Crippen LogP contribution in [0.25, 0.3) is 6.08 Å². The van der Waals surface area contributed by atoms with Crippen LogP contribution in [0.1, 0.15) is 5.56 Å². The van der Waals surface area contributed by atoms with E-state index in [0.29, 0.717) is 14.8 Å². The maximum atomic E-state index is 13.0. The van der Waals surface area contributed by atoms with Gasteiger partial charge in [-0.25, -0.2) is 4.39 Å². The Morgan fingerprint density at radius 1 is 1.44 bits per heavy atom. The Morgan fingerprint density at radius 2 is 2.19 bits per heavy atom. The minimum Gasteiger partial charge on any atom is -0.508 e. The second kappa shape index (κ2) is 4.23. The topological polar surface area (TPSA) is 49.3 Å². The van der Waals surface area contributed by atoms with Crippen molar-refractivity contribution >= 4 is 40.3 Å². The minimum atomic E-state index is -0.558. The highest BCUT2D eigenvalue weighted by atomic mass is 32.2. The van der Waals surface area contributed by atoms with Crippen molar-refractivity contribution in [2.24, 2.45) is 0 Å². The molecule has 1 heterocycles. The molecule has 82 valence electrons. The summed E-state index contributed by atoms with van der Waals surface area (Å²) in [5.74, 6) is -1.05. The van der Waals surface area contributed by atoms with Gasteiger partial charge in [0.25, 0.3) is 5.91 Å². The summed E-state index contributed by atoms with van der Waals surface area (Å²) in [4.78, 5) is 11.7. The van der Waals surface area contributed by atoms with Gasteiger partial charge >= 0.3 is 0 Å². The zero-order chi connectivity index (χ0) is 11.7. The van der Waals surface area contributed by atoms with Crippen LogP contribution in [0.4, 0.5) is 4.39 Å². The molecule has 2 N–H and O–H groups in total. The first kappa shape index (κ1) is 11.1. The zero-order valence-electron chi connectivity index (χ0n) is 7.86. The van der Waals surface area contributed by atoms with Crippen LogP contribution in [0.15, 0.2) is 23.1 Å². The van der Waals surface area contributed by atoms with E-state index in [1.807, 2.05) is 0 Å². The van der Waals surface area contributed by atoms with E-state index in [2.05, 4.69) is 5.32 Å². The number of hydrogen-bond donors (Lipinski definition) is 2. The van der Waals surface area contributed by atoms with E-state index >= 15 is 0 Å². The fourth-order valence-corrected chi connectivity index (χ4v) is 2.30. The van der Waals surface area contributed by atoms with Crippen molar-refractivity contribution in [3.8, 4) is 5.75 Å². The molecule has 0 atom stereocenters. The standard InChI is InChI=1S/C10H6FNO2S2/c11-6-1-5(2-7(13)4-6)3-8-9(14)12-10(15)16-8/h1-4,13H,(H,12,14,15)/b8-3-. The first-order valence-corrected chi connectivity index (χ1v) is 5.51. The van der Waals surface area contributed by atoms with Gasteiger partial charge in [0, 0.05) is 6.07 Å². The molecule has 1 aliphatic rings. The van der Waals surface area contributed by atoms with Crippen LogP contribution in [0.3, 0.4) is 0 Å². The van der Waals surface area contributed by atoms with Gasteiger partial charge in [-0.1, -0.05) is 24.0 Å². The van der Waals surface area contributed by atoms with Crippen molar-refractivity contribution in [1.82, 2.24) is 5.32 Å². The largest absolute Gasteiger partial charge is 0.508 e. The van der Waals surface area contributed by atoms with Gasteiger partial charge in [0.05, 0.1) is 4.91 Å². The molecule has 16 heavy (non-hydrogen) atoms. The molecule has 0 unspecified atom stereocenters. The van der Waals surface area contributed by atoms with Crippen molar-refractivity contribution < 1.29 is 14.3 Å². The van der Waals surface area contributed by atoms with Gasteiger partial charge in [-0.15, -0.1) is 0 Å². The van der Waals surface area contributed by atoms with Crippen molar-refractivity contribution in [2.75, 3.05) is 0 Å². The summed E-state index contributed by atoms with van der Waals surface area (Å²) in [5.41, 5.74) is 0.417. The SMILES string of the molecule is O=C1NC(=S)S/C1=C\c1cc(O)cc(F)c1. The number of aromatic hydroxyl groups is 1. The Morgan fingerprint density at radius 3 is 2.75 bits per heavy atom. The van der Waals surface area contributed by atoms with Crippen LogP contribution in [-0.2, 0) is 4.79 Å². The molecule has 3 nitrogen and oxygen atoms in total. The molecule has 0 aromatic heterocycles. The highest BCUT2D eigenvalue weighted by Gasteiger charge is 2.21. The number of halogens is 1. The molecule has 6 heteroatoms. The highest BCUT2D eigenvalue weighted by Crippen LogP contribution is 2.27. The van der Waals surface area contributed by atoms with Gasteiger partial charge in [0.15, 0.2) is 0 Å². The van der Waals surface area contributed by atoms with Crippen LogP contribution in [0.5, 0.6) is 5.75 Å². The third kappa shape index (κ3) is 2.40. The summed E-state index contributed by atoms with van der Waals surface area (Å²) >= 11 is 5.92. The number of thiocarbonyl (C=S) groups is 1. The molecule has 1 aliphatic heterocycles. The van der Waals surface area contributed by atoms with Crippen molar-refractivity contribution in [2.45, 2.75) is 0 Å². The summed E-state index contributed by atoms with van der Waals surface area (Å²) < 4.78 is 13.3. The van der Waals surface area contributed by atoms with Crippen LogP contribution < -0.4 is 5.32 Å². The van der Waals surface area contributed by atoms with E-state index in [0.717, 1.165) is 17.8 Å². The van der Waals surface area contributed by atoms with Crippen molar-refractivity contribution in [3.05, 3.63) is 34.5 Å². The third-order valence-corrected chi connectivity index (χ3v) is 3.01. The molecule has 0 aliphatic carbocycles. The molecule has 0 bridgehead atoms. The van der Waals surface area contributed by atoms with Gasteiger partial charge in [0.2, 0.25) is 0 Å². The lowest BCUT2D eigenvalue weighted by Crippen LogP contribution is -2.17. The normalized spacial score (nSPS) is 17.9. The number of hydrogen-bond acceptors (Lipinski definition) is 4. The number of phenols is 1. The number of nitrogens with one attached hydrogen (secondary N) is 1. The molecule has 1 fully saturated rings. The predicted octanol–water partition coefficient (Wildman–Crippen LogP) is 2.02. The Hall–Kier alpha value is -1.40. The van der Waals surface area contributed by atoms with E-state index in [1.165, 1.54) is 18.2 Å². The maximum Gasteiger partial charge on any atom is 0.263 e. The predicted molar refractivity (Wildman–Crippen MR) is 64.4 cm³/mol. The lowest BCUT2D eigenvalue weighted by molar-refractivity contribution is -0.115. The zero-order valence-corrected chi connectivity index (χ0v) is 9.49. The van der Waals surface area contributed by atoms with Crippen LogP contribution in [0.2, 0.25) is 0 Å². The number of carbonyl (C=O) groups is 1. The molecule has 2 rings (SSSR count). The van der Waals surface area contributed by atoms with Gasteiger partial charge < -0.3 is 10.4 Å². The van der Waals surface area contributed by atoms with Gasteiger partial charge in [-0.2, -0.15) is 0 Å². The number of carbonyl (C=O) groups excluding carboxylic acids is 1. The third-order valence-electron chi connectivity index (χ3n) is 1.84. The number of benzene rings is 1. The van der Waals surface area contributed by atoms with Gasteiger partial charge in [-0.3, -0.25) is 4.79 Å². The number of amides is 1. The Balaban J connectivity index is 2.36. The lowest BCUT2D eigenvalue weighted by Gasteiger charge is -1.97. The molecular weight excluding hydrogens is 249 g/mol. The lowest BCUT2D eigenvalue weighted by atomic mass is 10.2. The molecule has 1 saturated heterocycles. The molecule has 0 radical (unpaired) electrons. The smallest absolute Gasteiger partial charge is 0.263 e. The van der Waals surface area contributed by atoms with E-state index in [4.69, 9.17) is 12.2 Å². The second-order valence-corrected chi connectivity index (χ2v) is 4.81. The fourth-order valence-electron chi connectivity index (χ4n) is 1.25. The van der Waals surface area contributed by atoms with E-state index < -0.39 is 5.82 Å². The van der Waals surface area contributed by atoms with Gasteiger partial charge in [0.1, 0.15) is 15.9 Å². The first-order valence-electron chi connectivity index (χ1n) is 4.29. The van der Waals surface area contributed by atoms with Crippen LogP contribution in [-0.4, -0.2) is 15.3 Å². The summed E-state index contributed by atoms with van der Waals surface area (Å²) in [7, 11) is 0. The number of phenolic OH excluding ortho intramolecular Hbond substituents is 1. The summed E-state index contributed by atoms with van der Waals surface area (Å²) in [5, 5.41) is 11.6. The first-order chi connectivity index (χ1) is 7.54. The maximum absolute atomic E-state index is 13.0. The van der Waals surface area contributed by atoms with E-state index in [1.54, 1.807) is 0 Å². The minimum absolute atomic E-state index is 0.183. The number of thioether (sulfide) groups is 1. The monoisotopic (exact) mass is 255 g/mol. The van der Waals surface area contributed by atoms with Crippen molar-refractivity contribution in [1.29, 1.82) is 0 Å². The van der Waals surface area contributed by atoms with Crippen LogP contribution >= 0.6 is 24.0 Å². The Labute approximate surface area is 100 Å². The Bertz CT molecular complexity index is 493. The quantitative estimate of drug-likeness (QED) is 0.595. The molecular formula is C10H6FNO2S2. The molecule has 1 aromatic rings. The summed E-state index contributed by atoms with van der Waals surface area (Å²) in [6, 6.07) is 3.59. The molecule has 0 saturated carbocycles. The number of rotatable bonds is 1. The van der Waals surface area contributed by atoms with Crippen molar-refractivity contribution in [3.63, 3.8) is 0 Å². The van der Waals surface area contributed by atoms with E-state index in [-0.39, 0.29) is 11.7 Å². The second-order valence-electron chi connectivity index (χ2n) is 3.09. The van der Waals surface area contributed by atoms with Crippen LogP contribution in [0, 0.1) is 5.82 Å². The molecule has 1 amide bonds. The molecule has 1 aromatic carbocycles. The molecule has 0 spiro atoms. The highest BCUT2D eigenvalue weighted by molar-refractivity contribution is 8.26. The fraction of sp³-hybridized carbons (Fsp3) is 0. The van der Waals surface area contributed by atoms with Gasteiger partial charge in [-0.05, 0) is 23.8 Å². The summed E-state index contributed by atoms with van der Waals surface area (Å²) in [6.07, 6.45) is 1.47. The Kier molecular flexibility index (Phi) is 2.93. The summed E-state index contributed by atoms with van der Waals surface area (Å²) in [6.45, 7) is 0. The van der Waals surface area contributed by atoms with E-state index in [9.17, 15) is 14.3 Å².